The molecule has 1 fully saturated rings. The molecular weight excluding hydrogens is 234 g/mol. The van der Waals surface area contributed by atoms with Gasteiger partial charge in [0.05, 0.1) is 19.8 Å². The van der Waals surface area contributed by atoms with Crippen LogP contribution in [0.25, 0.3) is 0 Å². The lowest BCUT2D eigenvalue weighted by Crippen LogP contribution is -2.47. The predicted molar refractivity (Wildman–Crippen MR) is 68.3 cm³/mol. The van der Waals surface area contributed by atoms with E-state index in [4.69, 9.17) is 14.6 Å². The van der Waals surface area contributed by atoms with Gasteiger partial charge in [-0.15, -0.1) is 0 Å². The number of hydrogen-bond acceptors (Lipinski definition) is 4. The summed E-state index contributed by atoms with van der Waals surface area (Å²) >= 11 is 0. The largest absolute Gasteiger partial charge is 0.394 e. The van der Waals surface area contributed by atoms with E-state index in [9.17, 15) is 4.79 Å². The highest BCUT2D eigenvalue weighted by Gasteiger charge is 2.36. The van der Waals surface area contributed by atoms with Crippen LogP contribution >= 0.6 is 0 Å². The number of amides is 1. The van der Waals surface area contributed by atoms with Crippen LogP contribution in [-0.4, -0.2) is 49.6 Å². The standard InChI is InChI=1S/C13H25NO4/c1-3-11(4-2)12(16)14-9-13(18-8-6-15)5-7-17-10-13/h11,15H,3-10H2,1-2H3,(H,14,16). The Balaban J connectivity index is 2.44. The van der Waals surface area contributed by atoms with Crippen LogP contribution in [-0.2, 0) is 14.3 Å². The molecule has 0 bridgehead atoms. The molecule has 0 aromatic carbocycles. The summed E-state index contributed by atoms with van der Waals surface area (Å²) in [5, 5.41) is 11.8. The van der Waals surface area contributed by atoms with E-state index in [1.807, 2.05) is 13.8 Å². The average Bonchev–Trinajstić information content (AvgIpc) is 2.85. The number of carbonyl (C=O) groups is 1. The minimum Gasteiger partial charge on any atom is -0.394 e. The summed E-state index contributed by atoms with van der Waals surface area (Å²) in [4.78, 5) is 11.9. The second kappa shape index (κ2) is 7.71. The molecule has 0 aromatic heterocycles. The van der Waals surface area contributed by atoms with Gasteiger partial charge in [0.15, 0.2) is 0 Å². The first-order valence-electron chi connectivity index (χ1n) is 6.77. The van der Waals surface area contributed by atoms with Gasteiger partial charge in [-0.1, -0.05) is 13.8 Å². The van der Waals surface area contributed by atoms with Gasteiger partial charge in [-0.3, -0.25) is 4.79 Å². The van der Waals surface area contributed by atoms with E-state index in [1.54, 1.807) is 0 Å². The van der Waals surface area contributed by atoms with Crippen LogP contribution in [0.4, 0.5) is 0 Å². The Morgan fingerprint density at radius 1 is 1.50 bits per heavy atom. The zero-order valence-electron chi connectivity index (χ0n) is 11.4. The molecule has 1 unspecified atom stereocenters. The first-order chi connectivity index (χ1) is 8.67. The lowest BCUT2D eigenvalue weighted by molar-refractivity contribution is -0.127. The first kappa shape index (κ1) is 15.4. The predicted octanol–water partition coefficient (Wildman–Crippen LogP) is 0.707. The molecular formula is C13H25NO4. The fourth-order valence-corrected chi connectivity index (χ4v) is 2.21. The Morgan fingerprint density at radius 3 is 2.72 bits per heavy atom. The van der Waals surface area contributed by atoms with Crippen molar-refractivity contribution in [2.45, 2.75) is 38.7 Å². The summed E-state index contributed by atoms with van der Waals surface area (Å²) in [5.41, 5.74) is -0.454. The Morgan fingerprint density at radius 2 is 2.22 bits per heavy atom. The molecule has 1 saturated heterocycles. The van der Waals surface area contributed by atoms with E-state index in [-0.39, 0.29) is 25.0 Å². The van der Waals surface area contributed by atoms with Crippen LogP contribution in [0.3, 0.4) is 0 Å². The van der Waals surface area contributed by atoms with Gasteiger partial charge < -0.3 is 19.9 Å². The van der Waals surface area contributed by atoms with Crippen LogP contribution in [0, 0.1) is 5.92 Å². The van der Waals surface area contributed by atoms with Crippen molar-refractivity contribution in [3.05, 3.63) is 0 Å². The average molecular weight is 259 g/mol. The van der Waals surface area contributed by atoms with E-state index >= 15 is 0 Å². The van der Waals surface area contributed by atoms with Gasteiger partial charge in [-0.2, -0.15) is 0 Å². The zero-order valence-corrected chi connectivity index (χ0v) is 11.4. The number of rotatable bonds is 8. The van der Waals surface area contributed by atoms with Crippen molar-refractivity contribution in [1.82, 2.24) is 5.32 Å². The van der Waals surface area contributed by atoms with Crippen LogP contribution in [0.5, 0.6) is 0 Å². The van der Waals surface area contributed by atoms with E-state index in [1.165, 1.54) is 0 Å². The molecule has 18 heavy (non-hydrogen) atoms. The fourth-order valence-electron chi connectivity index (χ4n) is 2.21. The maximum atomic E-state index is 11.9. The Hall–Kier alpha value is -0.650. The molecule has 1 rings (SSSR count). The normalized spacial score (nSPS) is 23.6. The summed E-state index contributed by atoms with van der Waals surface area (Å²) in [5.74, 6) is 0.154. The number of carbonyl (C=O) groups excluding carboxylic acids is 1. The maximum Gasteiger partial charge on any atom is 0.223 e. The van der Waals surface area contributed by atoms with Crippen molar-refractivity contribution in [3.63, 3.8) is 0 Å². The third kappa shape index (κ3) is 4.23. The summed E-state index contributed by atoms with van der Waals surface area (Å²) in [6.45, 7) is 5.90. The van der Waals surface area contributed by atoms with Crippen molar-refractivity contribution < 1.29 is 19.4 Å². The van der Waals surface area contributed by atoms with Crippen LogP contribution in [0.2, 0.25) is 0 Å². The van der Waals surface area contributed by atoms with E-state index < -0.39 is 5.60 Å². The van der Waals surface area contributed by atoms with E-state index in [2.05, 4.69) is 5.32 Å². The van der Waals surface area contributed by atoms with Crippen molar-refractivity contribution in [3.8, 4) is 0 Å². The topological polar surface area (TPSA) is 67.8 Å². The summed E-state index contributed by atoms with van der Waals surface area (Å²) in [6.07, 6.45) is 2.46. The number of ether oxygens (including phenoxy) is 2. The molecule has 0 spiro atoms. The SMILES string of the molecule is CCC(CC)C(=O)NCC1(OCCO)CCOC1. The highest BCUT2D eigenvalue weighted by molar-refractivity contribution is 5.78. The van der Waals surface area contributed by atoms with Crippen molar-refractivity contribution in [1.29, 1.82) is 0 Å². The summed E-state index contributed by atoms with van der Waals surface area (Å²) < 4.78 is 11.0. The van der Waals surface area contributed by atoms with Crippen LogP contribution in [0.1, 0.15) is 33.1 Å². The molecule has 1 heterocycles. The molecule has 1 aliphatic heterocycles. The van der Waals surface area contributed by atoms with Gasteiger partial charge in [-0.25, -0.2) is 0 Å². The minimum absolute atomic E-state index is 0.0117. The van der Waals surface area contributed by atoms with Gasteiger partial charge in [-0.05, 0) is 12.8 Å². The van der Waals surface area contributed by atoms with Crippen molar-refractivity contribution in [2.24, 2.45) is 5.92 Å². The number of hydrogen-bond donors (Lipinski definition) is 2. The van der Waals surface area contributed by atoms with Crippen LogP contribution in [0.15, 0.2) is 0 Å². The summed E-state index contributed by atoms with van der Waals surface area (Å²) in [6, 6.07) is 0. The van der Waals surface area contributed by atoms with Gasteiger partial charge in [0.2, 0.25) is 5.91 Å². The molecule has 0 aromatic rings. The quantitative estimate of drug-likeness (QED) is 0.673. The minimum atomic E-state index is -0.454. The van der Waals surface area contributed by atoms with Gasteiger partial charge >= 0.3 is 0 Å². The maximum absolute atomic E-state index is 11.9. The van der Waals surface area contributed by atoms with Gasteiger partial charge in [0.1, 0.15) is 5.60 Å². The Bertz CT molecular complexity index is 247. The molecule has 5 nitrogen and oxygen atoms in total. The third-order valence-electron chi connectivity index (χ3n) is 3.51. The van der Waals surface area contributed by atoms with E-state index in [0.29, 0.717) is 19.8 Å². The number of aliphatic hydroxyl groups is 1. The molecule has 2 N–H and O–H groups in total. The fraction of sp³-hybridized carbons (Fsp3) is 0.923. The Kier molecular flexibility index (Phi) is 6.60. The molecule has 5 heteroatoms. The van der Waals surface area contributed by atoms with Gasteiger partial charge in [0.25, 0.3) is 0 Å². The molecule has 0 radical (unpaired) electrons. The molecule has 1 aliphatic rings. The second-order valence-electron chi connectivity index (χ2n) is 4.79. The lowest BCUT2D eigenvalue weighted by Gasteiger charge is -2.28. The molecule has 1 atom stereocenters. The molecule has 106 valence electrons. The number of aliphatic hydroxyl groups excluding tert-OH is 1. The van der Waals surface area contributed by atoms with Crippen LogP contribution < -0.4 is 5.32 Å². The third-order valence-corrected chi connectivity index (χ3v) is 3.51. The molecule has 0 saturated carbocycles. The highest BCUT2D eigenvalue weighted by atomic mass is 16.6. The van der Waals surface area contributed by atoms with Crippen molar-refractivity contribution >= 4 is 5.91 Å². The lowest BCUT2D eigenvalue weighted by atomic mass is 10.00. The summed E-state index contributed by atoms with van der Waals surface area (Å²) in [7, 11) is 0. The Labute approximate surface area is 109 Å². The van der Waals surface area contributed by atoms with E-state index in [0.717, 1.165) is 19.3 Å². The molecule has 1 amide bonds. The smallest absolute Gasteiger partial charge is 0.223 e. The second-order valence-corrected chi connectivity index (χ2v) is 4.79. The monoisotopic (exact) mass is 259 g/mol. The van der Waals surface area contributed by atoms with Crippen molar-refractivity contribution in [2.75, 3.05) is 33.0 Å². The number of nitrogens with one attached hydrogen (secondary N) is 1. The van der Waals surface area contributed by atoms with Gasteiger partial charge in [0, 0.05) is 25.5 Å². The highest BCUT2D eigenvalue weighted by Crippen LogP contribution is 2.22. The first-order valence-corrected chi connectivity index (χ1v) is 6.77. The molecule has 0 aliphatic carbocycles. The zero-order chi connectivity index (χ0) is 13.4.